The number of fused-ring (bicyclic) bond motifs is 1. The smallest absolute Gasteiger partial charge is 0.127 e. The Morgan fingerprint density at radius 3 is 2.89 bits per heavy atom. The van der Waals surface area contributed by atoms with Crippen LogP contribution in [0.4, 0.5) is 0 Å². The summed E-state index contributed by atoms with van der Waals surface area (Å²) < 4.78 is 7.07. The van der Waals surface area contributed by atoms with Crippen LogP contribution >= 0.6 is 34.2 Å². The molecule has 3 heteroatoms. The molecule has 104 valence electrons. The molecule has 0 aromatic heterocycles. The van der Waals surface area contributed by atoms with E-state index in [1.165, 1.54) is 46.8 Å². The summed E-state index contributed by atoms with van der Waals surface area (Å²) >= 11 is 9.04. The molecule has 1 fully saturated rings. The fourth-order valence-corrected chi connectivity index (χ4v) is 4.37. The Morgan fingerprint density at radius 2 is 2.11 bits per heavy atom. The number of hydrogen-bond acceptors (Lipinski definition) is 1. The fourth-order valence-electron chi connectivity index (χ4n) is 3.37. The van der Waals surface area contributed by atoms with Crippen LogP contribution in [0.1, 0.15) is 55.0 Å². The Kier molecular flexibility index (Phi) is 4.58. The summed E-state index contributed by atoms with van der Waals surface area (Å²) in [5, 5.41) is 0.113. The third kappa shape index (κ3) is 3.21. The first-order valence-electron chi connectivity index (χ1n) is 7.33. The molecule has 1 aromatic carbocycles. The molecule has 3 rings (SSSR count). The van der Waals surface area contributed by atoms with Crippen molar-refractivity contribution in [2.24, 2.45) is 5.92 Å². The first-order chi connectivity index (χ1) is 9.24. The van der Waals surface area contributed by atoms with Gasteiger partial charge in [-0.25, -0.2) is 0 Å². The lowest BCUT2D eigenvalue weighted by atomic mass is 9.96. The number of ether oxygens (including phenoxy) is 1. The lowest BCUT2D eigenvalue weighted by molar-refractivity contribution is 0.352. The SMILES string of the molecule is ClC(CCC1CCCC1)c1cc(I)cc2c1OCC2. The molecule has 1 aromatic rings. The van der Waals surface area contributed by atoms with Gasteiger partial charge in [-0.3, -0.25) is 0 Å². The summed E-state index contributed by atoms with van der Waals surface area (Å²) in [6.07, 6.45) is 9.04. The summed E-state index contributed by atoms with van der Waals surface area (Å²) in [7, 11) is 0. The zero-order valence-corrected chi connectivity index (χ0v) is 14.0. The minimum atomic E-state index is 0.113. The lowest BCUT2D eigenvalue weighted by Gasteiger charge is -2.16. The number of halogens is 2. The summed E-state index contributed by atoms with van der Waals surface area (Å²) in [5.41, 5.74) is 2.56. The molecule has 1 heterocycles. The molecule has 0 saturated heterocycles. The van der Waals surface area contributed by atoms with Gasteiger partial charge in [-0.05, 0) is 59.0 Å². The van der Waals surface area contributed by atoms with E-state index in [9.17, 15) is 0 Å². The summed E-state index contributed by atoms with van der Waals surface area (Å²) in [6.45, 7) is 0.814. The van der Waals surface area contributed by atoms with E-state index >= 15 is 0 Å². The molecule has 2 aliphatic rings. The molecular weight excluding hydrogens is 371 g/mol. The topological polar surface area (TPSA) is 9.23 Å². The summed E-state index contributed by atoms with van der Waals surface area (Å²) in [5.74, 6) is 1.99. The van der Waals surface area contributed by atoms with E-state index in [0.717, 1.165) is 31.1 Å². The Morgan fingerprint density at radius 1 is 1.32 bits per heavy atom. The Bertz CT molecular complexity index is 454. The highest BCUT2D eigenvalue weighted by atomic mass is 127. The van der Waals surface area contributed by atoms with Gasteiger partial charge in [-0.15, -0.1) is 11.6 Å². The van der Waals surface area contributed by atoms with E-state index in [4.69, 9.17) is 16.3 Å². The largest absolute Gasteiger partial charge is 0.493 e. The van der Waals surface area contributed by atoms with E-state index in [2.05, 4.69) is 34.7 Å². The average Bonchev–Trinajstić information content (AvgIpc) is 3.05. The van der Waals surface area contributed by atoms with Crippen LogP contribution in [0.15, 0.2) is 12.1 Å². The standard InChI is InChI=1S/C16H20ClIO/c17-15(6-5-11-3-1-2-4-11)14-10-13(18)9-12-7-8-19-16(12)14/h9-11,15H,1-8H2. The molecule has 1 unspecified atom stereocenters. The van der Waals surface area contributed by atoms with Gasteiger partial charge in [0.2, 0.25) is 0 Å². The second-order valence-electron chi connectivity index (χ2n) is 5.78. The van der Waals surface area contributed by atoms with Crippen molar-refractivity contribution < 1.29 is 4.74 Å². The van der Waals surface area contributed by atoms with Crippen molar-refractivity contribution >= 4 is 34.2 Å². The van der Waals surface area contributed by atoms with Crippen molar-refractivity contribution in [1.82, 2.24) is 0 Å². The summed E-state index contributed by atoms with van der Waals surface area (Å²) in [6, 6.07) is 4.43. The first-order valence-corrected chi connectivity index (χ1v) is 8.85. The van der Waals surface area contributed by atoms with Crippen LogP contribution in [0.25, 0.3) is 0 Å². The molecule has 19 heavy (non-hydrogen) atoms. The number of benzene rings is 1. The van der Waals surface area contributed by atoms with Crippen LogP contribution in [-0.4, -0.2) is 6.61 Å². The van der Waals surface area contributed by atoms with Crippen molar-refractivity contribution in [3.8, 4) is 5.75 Å². The maximum atomic E-state index is 6.66. The van der Waals surface area contributed by atoms with Crippen LogP contribution in [0.2, 0.25) is 0 Å². The van der Waals surface area contributed by atoms with Gasteiger partial charge in [0.05, 0.1) is 12.0 Å². The monoisotopic (exact) mass is 390 g/mol. The molecule has 1 aliphatic heterocycles. The van der Waals surface area contributed by atoms with E-state index in [-0.39, 0.29) is 5.38 Å². The van der Waals surface area contributed by atoms with Gasteiger partial charge in [-0.2, -0.15) is 0 Å². The molecule has 1 nitrogen and oxygen atoms in total. The van der Waals surface area contributed by atoms with Gasteiger partial charge in [0.15, 0.2) is 0 Å². The van der Waals surface area contributed by atoms with E-state index in [1.54, 1.807) is 0 Å². The molecular formula is C16H20ClIO. The van der Waals surface area contributed by atoms with Crippen molar-refractivity contribution in [3.63, 3.8) is 0 Å². The van der Waals surface area contributed by atoms with Gasteiger partial charge in [0, 0.05) is 15.6 Å². The second kappa shape index (κ2) is 6.21. The number of hydrogen-bond donors (Lipinski definition) is 0. The van der Waals surface area contributed by atoms with Crippen LogP contribution in [0, 0.1) is 9.49 Å². The first kappa shape index (κ1) is 14.0. The van der Waals surface area contributed by atoms with Crippen LogP contribution in [0.3, 0.4) is 0 Å². The minimum absolute atomic E-state index is 0.113. The van der Waals surface area contributed by atoms with Gasteiger partial charge in [-0.1, -0.05) is 25.7 Å². The molecule has 1 aliphatic carbocycles. The zero-order chi connectivity index (χ0) is 13.2. The van der Waals surface area contributed by atoms with Crippen molar-refractivity contribution in [2.45, 2.75) is 50.3 Å². The molecule has 1 atom stereocenters. The Balaban J connectivity index is 1.70. The van der Waals surface area contributed by atoms with E-state index < -0.39 is 0 Å². The molecule has 0 N–H and O–H groups in total. The molecule has 0 radical (unpaired) electrons. The third-order valence-electron chi connectivity index (χ3n) is 4.42. The molecule has 0 spiro atoms. The fraction of sp³-hybridized carbons (Fsp3) is 0.625. The summed E-state index contributed by atoms with van der Waals surface area (Å²) in [4.78, 5) is 0. The van der Waals surface area contributed by atoms with Gasteiger partial charge < -0.3 is 4.74 Å². The van der Waals surface area contributed by atoms with Crippen molar-refractivity contribution in [2.75, 3.05) is 6.61 Å². The highest BCUT2D eigenvalue weighted by Gasteiger charge is 2.23. The molecule has 0 amide bonds. The predicted molar refractivity (Wildman–Crippen MR) is 88.1 cm³/mol. The number of alkyl halides is 1. The lowest BCUT2D eigenvalue weighted by Crippen LogP contribution is -2.00. The van der Waals surface area contributed by atoms with Gasteiger partial charge in [0.1, 0.15) is 5.75 Å². The van der Waals surface area contributed by atoms with Crippen LogP contribution in [0.5, 0.6) is 5.75 Å². The van der Waals surface area contributed by atoms with E-state index in [0.29, 0.717) is 0 Å². The highest BCUT2D eigenvalue weighted by Crippen LogP contribution is 2.41. The third-order valence-corrected chi connectivity index (χ3v) is 5.49. The van der Waals surface area contributed by atoms with Crippen molar-refractivity contribution in [3.05, 3.63) is 26.8 Å². The van der Waals surface area contributed by atoms with Gasteiger partial charge in [0.25, 0.3) is 0 Å². The highest BCUT2D eigenvalue weighted by molar-refractivity contribution is 14.1. The maximum Gasteiger partial charge on any atom is 0.127 e. The Hall–Kier alpha value is 0.0400. The quantitative estimate of drug-likeness (QED) is 0.489. The average molecular weight is 391 g/mol. The van der Waals surface area contributed by atoms with Crippen molar-refractivity contribution in [1.29, 1.82) is 0 Å². The van der Waals surface area contributed by atoms with Gasteiger partial charge >= 0.3 is 0 Å². The maximum absolute atomic E-state index is 6.66. The van der Waals surface area contributed by atoms with Crippen LogP contribution < -0.4 is 4.74 Å². The zero-order valence-electron chi connectivity index (χ0n) is 11.1. The minimum Gasteiger partial charge on any atom is -0.493 e. The molecule has 0 bridgehead atoms. The van der Waals surface area contributed by atoms with Crippen LogP contribution in [-0.2, 0) is 6.42 Å². The predicted octanol–water partition coefficient (Wildman–Crippen LogP) is 5.48. The Labute approximate surface area is 134 Å². The number of rotatable bonds is 4. The van der Waals surface area contributed by atoms with E-state index in [1.807, 2.05) is 0 Å². The second-order valence-corrected chi connectivity index (χ2v) is 7.55. The normalized spacial score (nSPS) is 20.3. The molecule has 1 saturated carbocycles.